The van der Waals surface area contributed by atoms with Crippen LogP contribution in [-0.2, 0) is 10.8 Å². The molecule has 1 spiro atoms. The highest BCUT2D eigenvalue weighted by atomic mass is 16.7. The predicted molar refractivity (Wildman–Crippen MR) is 246 cm³/mol. The van der Waals surface area contributed by atoms with E-state index in [9.17, 15) is 0 Å². The SMILES string of the molecule is CCC[N+](CCC)(CCC)CCCC(CCC[N+](CCC)(CCC)CCC)c1ccc2c(c1)C=[N+]1CC(C)(C)[N+]3=Cc4cc(C(C)(C)C)cc(C(C)(C)C)c4OC13O2. The molecule has 0 aliphatic carbocycles. The van der Waals surface area contributed by atoms with Crippen LogP contribution in [0.4, 0.5) is 0 Å². The van der Waals surface area contributed by atoms with Crippen molar-refractivity contribution in [3.63, 3.8) is 0 Å². The minimum absolute atomic E-state index is 0.0275. The first-order valence-electron chi connectivity index (χ1n) is 24.0. The molecule has 324 valence electrons. The third-order valence-corrected chi connectivity index (χ3v) is 13.8. The lowest BCUT2D eigenvalue weighted by Gasteiger charge is -2.39. The number of rotatable bonds is 21. The summed E-state index contributed by atoms with van der Waals surface area (Å²) in [5.41, 5.74) is 6.10. The van der Waals surface area contributed by atoms with Gasteiger partial charge < -0.3 is 18.4 Å². The number of hydrogen-bond donors (Lipinski definition) is 0. The fourth-order valence-corrected chi connectivity index (χ4v) is 11.2. The summed E-state index contributed by atoms with van der Waals surface area (Å²) in [4.78, 5) is 0. The van der Waals surface area contributed by atoms with Crippen LogP contribution in [-0.4, -0.2) is 101 Å². The van der Waals surface area contributed by atoms with Gasteiger partial charge in [0.15, 0.2) is 23.9 Å². The maximum atomic E-state index is 7.30. The fourth-order valence-electron chi connectivity index (χ4n) is 11.2. The van der Waals surface area contributed by atoms with Crippen molar-refractivity contribution in [2.75, 3.05) is 58.9 Å². The molecule has 6 nitrogen and oxygen atoms in total. The van der Waals surface area contributed by atoms with Crippen molar-refractivity contribution in [2.24, 2.45) is 0 Å². The Morgan fingerprint density at radius 3 is 1.60 bits per heavy atom. The molecule has 1 atom stereocenters. The van der Waals surface area contributed by atoms with E-state index < -0.39 is 6.03 Å². The Kier molecular flexibility index (Phi) is 14.8. The summed E-state index contributed by atoms with van der Waals surface area (Å²) in [5, 5.41) is 0. The van der Waals surface area contributed by atoms with Gasteiger partial charge in [0, 0.05) is 19.4 Å². The second-order valence-electron chi connectivity index (χ2n) is 21.5. The number of benzene rings is 2. The van der Waals surface area contributed by atoms with Crippen LogP contribution < -0.4 is 9.47 Å². The highest BCUT2D eigenvalue weighted by Gasteiger charge is 2.75. The molecule has 0 saturated carbocycles. The zero-order chi connectivity index (χ0) is 42.6. The Balaban J connectivity index is 1.50. The number of nitrogens with zero attached hydrogens (tertiary/aromatic N) is 4. The molecule has 6 heteroatoms. The van der Waals surface area contributed by atoms with E-state index in [0.717, 1.165) is 23.6 Å². The van der Waals surface area contributed by atoms with Gasteiger partial charge in [0.05, 0.1) is 63.5 Å². The van der Waals surface area contributed by atoms with Crippen molar-refractivity contribution in [1.29, 1.82) is 0 Å². The molecule has 3 aliphatic heterocycles. The lowest BCUT2D eigenvalue weighted by Crippen LogP contribution is -2.61. The van der Waals surface area contributed by atoms with Crippen LogP contribution in [0.1, 0.15) is 195 Å². The smallest absolute Gasteiger partial charge is 0.341 e. The van der Waals surface area contributed by atoms with Gasteiger partial charge in [-0.2, -0.15) is 0 Å². The molecule has 58 heavy (non-hydrogen) atoms. The van der Waals surface area contributed by atoms with Crippen LogP contribution in [0.25, 0.3) is 0 Å². The van der Waals surface area contributed by atoms with Gasteiger partial charge in [0.25, 0.3) is 0 Å². The van der Waals surface area contributed by atoms with Crippen LogP contribution in [0, 0.1) is 0 Å². The molecule has 2 aromatic rings. The quantitative estimate of drug-likeness (QED) is 0.0928. The highest BCUT2D eigenvalue weighted by Crippen LogP contribution is 2.46. The maximum Gasteiger partial charge on any atom is 0.704 e. The van der Waals surface area contributed by atoms with Gasteiger partial charge >= 0.3 is 6.03 Å². The molecule has 0 N–H and O–H groups in total. The second-order valence-corrected chi connectivity index (χ2v) is 21.5. The first kappa shape index (κ1) is 46.4. The summed E-state index contributed by atoms with van der Waals surface area (Å²) in [5.74, 6) is 2.40. The van der Waals surface area contributed by atoms with Gasteiger partial charge in [-0.25, -0.2) is 0 Å². The Labute approximate surface area is 356 Å². The van der Waals surface area contributed by atoms with E-state index in [1.807, 2.05) is 0 Å². The molecule has 5 rings (SSSR count). The minimum Gasteiger partial charge on any atom is -0.341 e. The van der Waals surface area contributed by atoms with Crippen LogP contribution >= 0.6 is 0 Å². The van der Waals surface area contributed by atoms with E-state index in [1.165, 1.54) is 148 Å². The van der Waals surface area contributed by atoms with E-state index in [0.29, 0.717) is 5.92 Å². The van der Waals surface area contributed by atoms with Gasteiger partial charge in [0.1, 0.15) is 0 Å². The monoisotopic (exact) mass is 801 g/mol. The van der Waals surface area contributed by atoms with Crippen molar-refractivity contribution in [3.05, 3.63) is 58.1 Å². The molecular weight excluding hydrogens is 713 g/mol. The van der Waals surface area contributed by atoms with Crippen LogP contribution in [0.3, 0.4) is 0 Å². The predicted octanol–water partition coefficient (Wildman–Crippen LogP) is 11.8. The normalized spacial score (nSPS) is 18.8. The number of quaternary nitrogens is 2. The molecule has 1 saturated heterocycles. The standard InChI is InChI=1S/C52H88N4O2/c1-15-27-55(28-16-2,29-17-3)33-21-23-41(24-22-34-56(30-18-4,31-19-5)32-20-6)42-25-26-47-43(35-42)38-53-40-51(13,14)54-39-44-36-45(49(7,8)9)37-46(50(10,11)12)48(44)58-52(53,54)57-47/h25-26,35-39,41H,15-24,27-34,40H2,1-14H3/q+4. The molecule has 3 heterocycles. The summed E-state index contributed by atoms with van der Waals surface area (Å²) in [6.07, 6.45) is 17.4. The third-order valence-electron chi connectivity index (χ3n) is 13.8. The van der Waals surface area contributed by atoms with E-state index in [-0.39, 0.29) is 16.4 Å². The Morgan fingerprint density at radius 2 is 1.14 bits per heavy atom. The summed E-state index contributed by atoms with van der Waals surface area (Å²) < 4.78 is 21.8. The van der Waals surface area contributed by atoms with Crippen molar-refractivity contribution in [3.8, 4) is 11.5 Å². The molecular formula is C52H88N4O2+4. The zero-order valence-corrected chi connectivity index (χ0v) is 40.2. The Morgan fingerprint density at radius 1 is 0.621 bits per heavy atom. The fraction of sp³-hybridized carbons (Fsp3) is 0.731. The molecule has 1 fully saturated rings. The van der Waals surface area contributed by atoms with Gasteiger partial charge in [-0.05, 0) is 110 Å². The van der Waals surface area contributed by atoms with Crippen LogP contribution in [0.5, 0.6) is 11.5 Å². The number of fused-ring (bicyclic) bond motifs is 2. The van der Waals surface area contributed by atoms with Crippen molar-refractivity contribution < 1.29 is 27.6 Å². The summed E-state index contributed by atoms with van der Waals surface area (Å²) in [7, 11) is 0. The molecule has 0 bridgehead atoms. The lowest BCUT2D eigenvalue weighted by atomic mass is 9.79. The molecule has 2 aromatic carbocycles. The van der Waals surface area contributed by atoms with E-state index >= 15 is 0 Å². The van der Waals surface area contributed by atoms with Gasteiger partial charge in [0.2, 0.25) is 12.1 Å². The summed E-state index contributed by atoms with van der Waals surface area (Å²) in [6.45, 7) is 44.0. The van der Waals surface area contributed by atoms with Gasteiger partial charge in [-0.3, -0.25) is 0 Å². The van der Waals surface area contributed by atoms with Gasteiger partial charge in [-0.15, -0.1) is 0 Å². The third kappa shape index (κ3) is 9.91. The lowest BCUT2D eigenvalue weighted by molar-refractivity contribution is -0.928. The number of hydrogen-bond acceptors (Lipinski definition) is 2. The molecule has 1 unspecified atom stereocenters. The zero-order valence-electron chi connectivity index (χ0n) is 40.2. The second kappa shape index (κ2) is 18.5. The average molecular weight is 801 g/mol. The first-order valence-corrected chi connectivity index (χ1v) is 24.0. The first-order chi connectivity index (χ1) is 27.3. The molecule has 3 aliphatic rings. The molecule has 0 amide bonds. The van der Waals surface area contributed by atoms with Gasteiger partial charge in [-0.1, -0.05) is 104 Å². The minimum atomic E-state index is -1.06. The number of ether oxygens (including phenoxy) is 2. The summed E-state index contributed by atoms with van der Waals surface area (Å²) >= 11 is 0. The maximum absolute atomic E-state index is 7.30. The van der Waals surface area contributed by atoms with Crippen LogP contribution in [0.15, 0.2) is 30.3 Å². The van der Waals surface area contributed by atoms with Crippen LogP contribution in [0.2, 0.25) is 0 Å². The molecule has 0 aromatic heterocycles. The van der Waals surface area contributed by atoms with E-state index in [4.69, 9.17) is 9.47 Å². The van der Waals surface area contributed by atoms with Crippen molar-refractivity contribution >= 4 is 12.4 Å². The highest BCUT2D eigenvalue weighted by molar-refractivity contribution is 5.84. The van der Waals surface area contributed by atoms with Crippen molar-refractivity contribution in [2.45, 2.75) is 189 Å². The van der Waals surface area contributed by atoms with E-state index in [2.05, 4.69) is 149 Å². The molecule has 0 radical (unpaired) electrons. The summed E-state index contributed by atoms with van der Waals surface area (Å²) in [6, 6.07) is 10.8. The van der Waals surface area contributed by atoms with E-state index in [1.54, 1.807) is 0 Å². The Hall–Kier alpha value is -2.70. The average Bonchev–Trinajstić information content (AvgIpc) is 3.36. The van der Waals surface area contributed by atoms with Crippen molar-refractivity contribution in [1.82, 2.24) is 0 Å². The topological polar surface area (TPSA) is 24.5 Å². The Bertz CT molecular complexity index is 1690. The largest absolute Gasteiger partial charge is 0.704 e.